The third-order valence-electron chi connectivity index (χ3n) is 2.35. The third-order valence-corrected chi connectivity index (χ3v) is 2.81. The Bertz CT molecular complexity index is 512. The van der Waals surface area contributed by atoms with Gasteiger partial charge < -0.3 is 20.3 Å². The lowest BCUT2D eigenvalue weighted by Crippen LogP contribution is -2.46. The van der Waals surface area contributed by atoms with Crippen LogP contribution in [0, 0.1) is 0 Å². The SMILES string of the molecule is CC(C)(C)OC(=O)N[C@H](C(=O)O)[C@H](O)c1ccc(Br)nc1. The van der Waals surface area contributed by atoms with Crippen LogP contribution in [-0.4, -0.2) is 38.9 Å². The molecule has 0 spiro atoms. The fourth-order valence-electron chi connectivity index (χ4n) is 1.46. The maximum Gasteiger partial charge on any atom is 0.408 e. The number of aliphatic hydroxyl groups is 1. The van der Waals surface area contributed by atoms with Gasteiger partial charge in [0.2, 0.25) is 0 Å². The lowest BCUT2D eigenvalue weighted by atomic mass is 10.0. The van der Waals surface area contributed by atoms with Gasteiger partial charge in [0.1, 0.15) is 16.3 Å². The molecule has 21 heavy (non-hydrogen) atoms. The molecule has 0 aromatic carbocycles. The number of amides is 1. The van der Waals surface area contributed by atoms with E-state index in [1.54, 1.807) is 26.8 Å². The van der Waals surface area contributed by atoms with Crippen molar-refractivity contribution in [3.8, 4) is 0 Å². The monoisotopic (exact) mass is 360 g/mol. The van der Waals surface area contributed by atoms with E-state index in [0.717, 1.165) is 0 Å². The minimum absolute atomic E-state index is 0.265. The molecule has 1 aromatic heterocycles. The van der Waals surface area contributed by atoms with Gasteiger partial charge in [-0.2, -0.15) is 0 Å². The largest absolute Gasteiger partial charge is 0.480 e. The van der Waals surface area contributed by atoms with Gasteiger partial charge in [-0.3, -0.25) is 0 Å². The fourth-order valence-corrected chi connectivity index (χ4v) is 1.70. The first-order valence-electron chi connectivity index (χ1n) is 6.12. The van der Waals surface area contributed by atoms with Crippen molar-refractivity contribution in [2.75, 3.05) is 0 Å². The Labute approximate surface area is 130 Å². The molecule has 1 heterocycles. The topological polar surface area (TPSA) is 109 Å². The quantitative estimate of drug-likeness (QED) is 0.707. The number of aromatic nitrogens is 1. The van der Waals surface area contributed by atoms with Gasteiger partial charge in [0.05, 0.1) is 0 Å². The molecule has 0 unspecified atom stereocenters. The molecule has 0 fully saturated rings. The minimum atomic E-state index is -1.54. The van der Waals surface area contributed by atoms with E-state index in [9.17, 15) is 14.7 Å². The summed E-state index contributed by atoms with van der Waals surface area (Å²) < 4.78 is 5.52. The summed E-state index contributed by atoms with van der Waals surface area (Å²) in [6.45, 7) is 4.95. The number of ether oxygens (including phenoxy) is 1. The van der Waals surface area contributed by atoms with Crippen LogP contribution in [0.3, 0.4) is 0 Å². The lowest BCUT2D eigenvalue weighted by Gasteiger charge is -2.24. The van der Waals surface area contributed by atoms with Crippen LogP contribution < -0.4 is 5.32 Å². The van der Waals surface area contributed by atoms with Gasteiger partial charge in [-0.25, -0.2) is 14.6 Å². The van der Waals surface area contributed by atoms with Crippen molar-refractivity contribution in [3.05, 3.63) is 28.5 Å². The third kappa shape index (κ3) is 5.68. The summed E-state index contributed by atoms with van der Waals surface area (Å²) in [6, 6.07) is 1.53. The van der Waals surface area contributed by atoms with Crippen LogP contribution in [0.25, 0.3) is 0 Å². The molecule has 0 aliphatic heterocycles. The second kappa shape index (κ2) is 6.86. The van der Waals surface area contributed by atoms with Gasteiger partial charge in [0.15, 0.2) is 6.04 Å². The molecule has 116 valence electrons. The zero-order valence-corrected chi connectivity index (χ0v) is 13.4. The van der Waals surface area contributed by atoms with E-state index in [2.05, 4.69) is 26.2 Å². The average molecular weight is 361 g/mol. The highest BCUT2D eigenvalue weighted by molar-refractivity contribution is 9.10. The summed E-state index contributed by atoms with van der Waals surface area (Å²) >= 11 is 3.14. The molecule has 0 saturated heterocycles. The van der Waals surface area contributed by atoms with Crippen molar-refractivity contribution in [2.24, 2.45) is 0 Å². The number of pyridine rings is 1. The average Bonchev–Trinajstić information content (AvgIpc) is 2.33. The molecule has 1 aromatic rings. The number of rotatable bonds is 4. The van der Waals surface area contributed by atoms with Gasteiger partial charge in [-0.05, 0) is 42.8 Å². The van der Waals surface area contributed by atoms with Gasteiger partial charge in [-0.1, -0.05) is 6.07 Å². The van der Waals surface area contributed by atoms with E-state index >= 15 is 0 Å². The minimum Gasteiger partial charge on any atom is -0.480 e. The van der Waals surface area contributed by atoms with Crippen molar-refractivity contribution in [1.29, 1.82) is 0 Å². The second-order valence-corrected chi connectivity index (χ2v) is 6.13. The van der Waals surface area contributed by atoms with E-state index in [1.165, 1.54) is 12.3 Å². The highest BCUT2D eigenvalue weighted by atomic mass is 79.9. The number of carboxylic acid groups (broad SMARTS) is 1. The molecule has 1 rings (SSSR count). The Morgan fingerprint density at radius 3 is 2.43 bits per heavy atom. The van der Waals surface area contributed by atoms with Crippen LogP contribution in [0.1, 0.15) is 32.4 Å². The number of alkyl carbamates (subject to hydrolysis) is 1. The molecule has 0 radical (unpaired) electrons. The van der Waals surface area contributed by atoms with Gasteiger partial charge in [-0.15, -0.1) is 0 Å². The number of aliphatic carboxylic acids is 1. The van der Waals surface area contributed by atoms with Gasteiger partial charge in [0.25, 0.3) is 0 Å². The van der Waals surface area contributed by atoms with Crippen LogP contribution in [0.2, 0.25) is 0 Å². The lowest BCUT2D eigenvalue weighted by molar-refractivity contribution is -0.142. The Morgan fingerprint density at radius 2 is 2.00 bits per heavy atom. The number of hydrogen-bond acceptors (Lipinski definition) is 5. The molecular formula is C13H17BrN2O5. The summed E-state index contributed by atoms with van der Waals surface area (Å²) in [7, 11) is 0. The first-order chi connectivity index (χ1) is 9.60. The molecule has 0 aliphatic rings. The zero-order valence-electron chi connectivity index (χ0n) is 11.8. The summed E-state index contributed by atoms with van der Waals surface area (Å²) in [5.41, 5.74) is -0.501. The summed E-state index contributed by atoms with van der Waals surface area (Å²) in [5, 5.41) is 21.4. The molecular weight excluding hydrogens is 344 g/mol. The molecule has 0 aliphatic carbocycles. The first kappa shape index (κ1) is 17.4. The highest BCUT2D eigenvalue weighted by Gasteiger charge is 2.31. The van der Waals surface area contributed by atoms with Gasteiger partial charge in [0, 0.05) is 11.8 Å². The fraction of sp³-hybridized carbons (Fsp3) is 0.462. The molecule has 0 bridgehead atoms. The van der Waals surface area contributed by atoms with Crippen LogP contribution in [0.15, 0.2) is 22.9 Å². The van der Waals surface area contributed by atoms with E-state index in [-0.39, 0.29) is 5.56 Å². The molecule has 2 atom stereocenters. The molecule has 8 heteroatoms. The summed E-state index contributed by atoms with van der Waals surface area (Å²) in [5.74, 6) is -1.38. The zero-order chi connectivity index (χ0) is 16.2. The Kier molecular flexibility index (Phi) is 5.68. The standard InChI is InChI=1S/C13H17BrN2O5/c1-13(2,3)21-12(20)16-9(11(18)19)10(17)7-4-5-8(14)15-6-7/h4-6,9-10,17H,1-3H3,(H,16,20)(H,18,19)/t9-,10+/m0/s1. The Hall–Kier alpha value is -1.67. The summed E-state index contributed by atoms with van der Waals surface area (Å²) in [6.07, 6.45) is -1.05. The molecule has 1 amide bonds. The van der Waals surface area contributed by atoms with Crippen LogP contribution in [0.5, 0.6) is 0 Å². The van der Waals surface area contributed by atoms with E-state index in [4.69, 9.17) is 9.84 Å². The number of aliphatic hydroxyl groups excluding tert-OH is 1. The smallest absolute Gasteiger partial charge is 0.408 e. The number of nitrogens with zero attached hydrogens (tertiary/aromatic N) is 1. The van der Waals surface area contributed by atoms with Crippen molar-refractivity contribution in [1.82, 2.24) is 10.3 Å². The number of carbonyl (C=O) groups excluding carboxylic acids is 1. The van der Waals surface area contributed by atoms with Crippen molar-refractivity contribution in [2.45, 2.75) is 38.5 Å². The molecule has 3 N–H and O–H groups in total. The number of carboxylic acids is 1. The maximum atomic E-state index is 11.6. The Morgan fingerprint density at radius 1 is 1.38 bits per heavy atom. The summed E-state index contributed by atoms with van der Waals surface area (Å²) in [4.78, 5) is 26.8. The number of carbonyl (C=O) groups is 2. The first-order valence-corrected chi connectivity index (χ1v) is 6.91. The predicted molar refractivity (Wildman–Crippen MR) is 77.7 cm³/mol. The van der Waals surface area contributed by atoms with Crippen molar-refractivity contribution < 1.29 is 24.5 Å². The van der Waals surface area contributed by atoms with Crippen LogP contribution >= 0.6 is 15.9 Å². The molecule has 7 nitrogen and oxygen atoms in total. The molecule has 0 saturated carbocycles. The van der Waals surface area contributed by atoms with Crippen molar-refractivity contribution >= 4 is 28.0 Å². The van der Waals surface area contributed by atoms with Gasteiger partial charge >= 0.3 is 12.1 Å². The number of halogens is 1. The second-order valence-electron chi connectivity index (χ2n) is 5.32. The van der Waals surface area contributed by atoms with Crippen LogP contribution in [0.4, 0.5) is 4.79 Å². The number of hydrogen-bond donors (Lipinski definition) is 3. The number of nitrogens with one attached hydrogen (secondary N) is 1. The van der Waals surface area contributed by atoms with E-state index in [1.807, 2.05) is 0 Å². The highest BCUT2D eigenvalue weighted by Crippen LogP contribution is 2.18. The van der Waals surface area contributed by atoms with Crippen molar-refractivity contribution in [3.63, 3.8) is 0 Å². The van der Waals surface area contributed by atoms with E-state index in [0.29, 0.717) is 4.60 Å². The predicted octanol–water partition coefficient (Wildman–Crippen LogP) is 1.86. The van der Waals surface area contributed by atoms with E-state index < -0.39 is 29.8 Å². The maximum absolute atomic E-state index is 11.6. The normalized spacial score (nSPS) is 14.1. The van der Waals surface area contributed by atoms with Crippen LogP contribution in [-0.2, 0) is 9.53 Å². The Balaban J connectivity index is 2.84.